The van der Waals surface area contributed by atoms with E-state index in [1.807, 2.05) is 31.2 Å². The lowest BCUT2D eigenvalue weighted by Gasteiger charge is -2.08. The van der Waals surface area contributed by atoms with Gasteiger partial charge in [0.15, 0.2) is 0 Å². The standard InChI is InChI=1S/C24H18ClN3O2/c1-16-5-7-17(8-6-16)19-14-26-24(27-15-19)30-22-11-9-18(10-12-22)23(29)28-21-4-2-3-20(25)13-21/h2-15H,1H3,(H,28,29). The number of nitrogens with zero attached hydrogens (tertiary/aromatic N) is 2. The fourth-order valence-electron chi connectivity index (χ4n) is 2.81. The molecule has 0 radical (unpaired) electrons. The van der Waals surface area contributed by atoms with Crippen LogP contribution in [0.15, 0.2) is 85.2 Å². The summed E-state index contributed by atoms with van der Waals surface area (Å²) in [5.74, 6) is 0.305. The number of aryl methyl sites for hydroxylation is 1. The molecule has 0 spiro atoms. The highest BCUT2D eigenvalue weighted by molar-refractivity contribution is 6.30. The Morgan fingerprint density at radius 1 is 0.900 bits per heavy atom. The van der Waals surface area contributed by atoms with Crippen molar-refractivity contribution in [3.8, 4) is 22.9 Å². The van der Waals surface area contributed by atoms with E-state index in [1.54, 1.807) is 60.9 Å². The molecule has 30 heavy (non-hydrogen) atoms. The Kier molecular flexibility index (Phi) is 5.72. The Morgan fingerprint density at radius 2 is 1.60 bits per heavy atom. The normalized spacial score (nSPS) is 10.5. The third-order valence-electron chi connectivity index (χ3n) is 4.42. The first-order valence-electron chi connectivity index (χ1n) is 9.31. The van der Waals surface area contributed by atoms with Gasteiger partial charge in [0.05, 0.1) is 0 Å². The minimum Gasteiger partial charge on any atom is -0.424 e. The van der Waals surface area contributed by atoms with Crippen LogP contribution < -0.4 is 10.1 Å². The molecule has 0 atom stereocenters. The molecule has 0 aliphatic heterocycles. The Labute approximate surface area is 179 Å². The first-order valence-corrected chi connectivity index (χ1v) is 9.68. The number of benzene rings is 3. The molecule has 1 N–H and O–H groups in total. The van der Waals surface area contributed by atoms with Crippen LogP contribution in [-0.2, 0) is 0 Å². The van der Waals surface area contributed by atoms with Crippen molar-refractivity contribution in [3.05, 3.63) is 101 Å². The number of hydrogen-bond donors (Lipinski definition) is 1. The van der Waals surface area contributed by atoms with Gasteiger partial charge in [-0.05, 0) is 55.0 Å². The molecule has 4 aromatic rings. The maximum absolute atomic E-state index is 12.4. The predicted molar refractivity (Wildman–Crippen MR) is 118 cm³/mol. The Hall–Kier alpha value is -3.70. The highest BCUT2D eigenvalue weighted by Crippen LogP contribution is 2.22. The van der Waals surface area contributed by atoms with Crippen LogP contribution in [0.3, 0.4) is 0 Å². The Balaban J connectivity index is 1.40. The average molecular weight is 416 g/mol. The van der Waals surface area contributed by atoms with Crippen LogP contribution in [0, 0.1) is 6.92 Å². The van der Waals surface area contributed by atoms with E-state index < -0.39 is 0 Å². The van der Waals surface area contributed by atoms with Gasteiger partial charge in [-0.3, -0.25) is 4.79 Å². The minimum atomic E-state index is -0.234. The quantitative estimate of drug-likeness (QED) is 0.424. The smallest absolute Gasteiger partial charge is 0.321 e. The second-order valence-electron chi connectivity index (χ2n) is 6.71. The molecule has 5 nitrogen and oxygen atoms in total. The molecule has 3 aromatic carbocycles. The molecule has 1 aromatic heterocycles. The lowest BCUT2D eigenvalue weighted by Crippen LogP contribution is -2.11. The number of nitrogens with one attached hydrogen (secondary N) is 1. The summed E-state index contributed by atoms with van der Waals surface area (Å²) in [4.78, 5) is 20.9. The molecule has 148 valence electrons. The van der Waals surface area contributed by atoms with Crippen LogP contribution >= 0.6 is 11.6 Å². The fraction of sp³-hybridized carbons (Fsp3) is 0.0417. The SMILES string of the molecule is Cc1ccc(-c2cnc(Oc3ccc(C(=O)Nc4cccc(Cl)c4)cc3)nc2)cc1. The van der Waals surface area contributed by atoms with E-state index in [4.69, 9.17) is 16.3 Å². The third kappa shape index (κ3) is 4.82. The number of halogens is 1. The largest absolute Gasteiger partial charge is 0.424 e. The van der Waals surface area contributed by atoms with Crippen molar-refractivity contribution in [2.45, 2.75) is 6.92 Å². The molecule has 0 unspecified atom stereocenters. The molecule has 1 amide bonds. The summed E-state index contributed by atoms with van der Waals surface area (Å²) >= 11 is 5.94. The zero-order chi connectivity index (χ0) is 20.9. The number of rotatable bonds is 5. The Morgan fingerprint density at radius 3 is 2.27 bits per heavy atom. The second-order valence-corrected chi connectivity index (χ2v) is 7.15. The van der Waals surface area contributed by atoms with Gasteiger partial charge in [0.25, 0.3) is 5.91 Å². The van der Waals surface area contributed by atoms with E-state index in [0.717, 1.165) is 11.1 Å². The van der Waals surface area contributed by atoms with Crippen molar-refractivity contribution in [1.82, 2.24) is 9.97 Å². The number of hydrogen-bond acceptors (Lipinski definition) is 4. The van der Waals surface area contributed by atoms with E-state index in [1.165, 1.54) is 5.56 Å². The topological polar surface area (TPSA) is 64.1 Å². The van der Waals surface area contributed by atoms with E-state index in [9.17, 15) is 4.79 Å². The number of carbonyl (C=O) groups excluding carboxylic acids is 1. The van der Waals surface area contributed by atoms with Crippen molar-refractivity contribution in [2.24, 2.45) is 0 Å². The molecule has 0 bridgehead atoms. The average Bonchev–Trinajstić information content (AvgIpc) is 2.75. The number of carbonyl (C=O) groups is 1. The zero-order valence-corrected chi connectivity index (χ0v) is 16.9. The first-order chi connectivity index (χ1) is 14.6. The van der Waals surface area contributed by atoms with Crippen molar-refractivity contribution >= 4 is 23.2 Å². The Bertz CT molecular complexity index is 1160. The summed E-state index contributed by atoms with van der Waals surface area (Å²) in [6.07, 6.45) is 3.44. The van der Waals surface area contributed by atoms with Crippen molar-refractivity contribution in [2.75, 3.05) is 5.32 Å². The molecule has 4 rings (SSSR count). The first kappa shape index (κ1) is 19.6. The maximum atomic E-state index is 12.4. The molecule has 0 aliphatic carbocycles. The second kappa shape index (κ2) is 8.76. The number of ether oxygens (including phenoxy) is 1. The van der Waals surface area contributed by atoms with Crippen LogP contribution in [0.5, 0.6) is 11.8 Å². The zero-order valence-electron chi connectivity index (χ0n) is 16.2. The molecule has 0 fully saturated rings. The minimum absolute atomic E-state index is 0.234. The predicted octanol–water partition coefficient (Wildman–Crippen LogP) is 6.15. The van der Waals surface area contributed by atoms with Crippen molar-refractivity contribution in [1.29, 1.82) is 0 Å². The summed E-state index contributed by atoms with van der Waals surface area (Å²) in [6, 6.07) is 22.1. The number of anilines is 1. The van der Waals surface area contributed by atoms with E-state index in [0.29, 0.717) is 22.0 Å². The van der Waals surface area contributed by atoms with Gasteiger partial charge in [0.1, 0.15) is 5.75 Å². The lowest BCUT2D eigenvalue weighted by atomic mass is 10.1. The molecule has 0 aliphatic rings. The van der Waals surface area contributed by atoms with E-state index >= 15 is 0 Å². The molecule has 0 saturated heterocycles. The fourth-order valence-corrected chi connectivity index (χ4v) is 3.00. The van der Waals surface area contributed by atoms with Gasteiger partial charge in [-0.15, -0.1) is 0 Å². The molecular formula is C24H18ClN3O2. The highest BCUT2D eigenvalue weighted by atomic mass is 35.5. The summed E-state index contributed by atoms with van der Waals surface area (Å²) in [5, 5.41) is 3.36. The van der Waals surface area contributed by atoms with Gasteiger partial charge >= 0.3 is 6.01 Å². The summed E-state index contributed by atoms with van der Waals surface area (Å²) in [5.41, 5.74) is 4.29. The third-order valence-corrected chi connectivity index (χ3v) is 4.66. The van der Waals surface area contributed by atoms with Gasteiger partial charge in [-0.25, -0.2) is 9.97 Å². The van der Waals surface area contributed by atoms with Crippen LogP contribution in [0.2, 0.25) is 5.02 Å². The van der Waals surface area contributed by atoms with Crippen LogP contribution in [0.4, 0.5) is 5.69 Å². The van der Waals surface area contributed by atoms with Gasteiger partial charge < -0.3 is 10.1 Å². The van der Waals surface area contributed by atoms with Crippen LogP contribution in [-0.4, -0.2) is 15.9 Å². The highest BCUT2D eigenvalue weighted by Gasteiger charge is 2.08. The monoisotopic (exact) mass is 415 g/mol. The lowest BCUT2D eigenvalue weighted by molar-refractivity contribution is 0.102. The van der Waals surface area contributed by atoms with Gasteiger partial charge in [0.2, 0.25) is 0 Å². The van der Waals surface area contributed by atoms with Crippen molar-refractivity contribution in [3.63, 3.8) is 0 Å². The number of aromatic nitrogens is 2. The van der Waals surface area contributed by atoms with Gasteiger partial charge in [0, 0.05) is 34.2 Å². The molecular weight excluding hydrogens is 398 g/mol. The van der Waals surface area contributed by atoms with E-state index in [2.05, 4.69) is 15.3 Å². The molecule has 1 heterocycles. The molecule has 6 heteroatoms. The maximum Gasteiger partial charge on any atom is 0.321 e. The summed E-state index contributed by atoms with van der Waals surface area (Å²) in [7, 11) is 0. The summed E-state index contributed by atoms with van der Waals surface area (Å²) < 4.78 is 5.69. The van der Waals surface area contributed by atoms with Crippen LogP contribution in [0.25, 0.3) is 11.1 Å². The molecule has 0 saturated carbocycles. The number of amides is 1. The van der Waals surface area contributed by atoms with E-state index in [-0.39, 0.29) is 11.9 Å². The van der Waals surface area contributed by atoms with Crippen molar-refractivity contribution < 1.29 is 9.53 Å². The summed E-state index contributed by atoms with van der Waals surface area (Å²) in [6.45, 7) is 2.05. The van der Waals surface area contributed by atoms with Gasteiger partial charge in [-0.1, -0.05) is 47.5 Å². The van der Waals surface area contributed by atoms with Crippen LogP contribution in [0.1, 0.15) is 15.9 Å². The van der Waals surface area contributed by atoms with Gasteiger partial charge in [-0.2, -0.15) is 0 Å².